The number of fused-ring (bicyclic) bond motifs is 1. The molecule has 0 fully saturated rings. The largest absolute Gasteiger partial charge is 0.419 e. The number of nitro benzene ring substituents is 1. The Morgan fingerprint density at radius 1 is 1.17 bits per heavy atom. The first kappa shape index (κ1) is 19.3. The van der Waals surface area contributed by atoms with Gasteiger partial charge < -0.3 is 14.3 Å². The normalized spacial score (nSPS) is 11.2. The summed E-state index contributed by atoms with van der Waals surface area (Å²) in [6.07, 6.45) is 0. The van der Waals surface area contributed by atoms with Gasteiger partial charge in [0.1, 0.15) is 12.2 Å². The SMILES string of the molecule is CC(C)c1nnc(-c2cc3ccccc3n2CC(=O)Nc2cccc([N+](=O)[O-])c2)o1. The molecule has 2 aromatic heterocycles. The standard InChI is InChI=1S/C21H19N5O4/c1-13(2)20-23-24-21(30-20)18-10-14-6-3-4-9-17(14)25(18)12-19(27)22-15-7-5-8-16(11-15)26(28)29/h3-11,13H,12H2,1-2H3,(H,22,27). The highest BCUT2D eigenvalue weighted by molar-refractivity contribution is 5.93. The summed E-state index contributed by atoms with van der Waals surface area (Å²) in [5.41, 5.74) is 1.73. The van der Waals surface area contributed by atoms with Gasteiger partial charge in [0.25, 0.3) is 11.6 Å². The molecule has 152 valence electrons. The van der Waals surface area contributed by atoms with Crippen LogP contribution in [0.5, 0.6) is 0 Å². The van der Waals surface area contributed by atoms with E-state index in [0.29, 0.717) is 23.2 Å². The smallest absolute Gasteiger partial charge is 0.271 e. The summed E-state index contributed by atoms with van der Waals surface area (Å²) in [4.78, 5) is 23.2. The highest BCUT2D eigenvalue weighted by Crippen LogP contribution is 2.29. The van der Waals surface area contributed by atoms with Gasteiger partial charge >= 0.3 is 0 Å². The lowest BCUT2D eigenvalue weighted by molar-refractivity contribution is -0.384. The van der Waals surface area contributed by atoms with Gasteiger partial charge in [-0.25, -0.2) is 0 Å². The van der Waals surface area contributed by atoms with Crippen molar-refractivity contribution in [2.24, 2.45) is 0 Å². The Balaban J connectivity index is 1.66. The summed E-state index contributed by atoms with van der Waals surface area (Å²) < 4.78 is 7.58. The van der Waals surface area contributed by atoms with Gasteiger partial charge in [0.15, 0.2) is 0 Å². The number of aromatic nitrogens is 3. The summed E-state index contributed by atoms with van der Waals surface area (Å²) in [6, 6.07) is 15.3. The second kappa shape index (κ2) is 7.78. The van der Waals surface area contributed by atoms with E-state index in [2.05, 4.69) is 15.5 Å². The lowest BCUT2D eigenvalue weighted by Gasteiger charge is -2.10. The summed E-state index contributed by atoms with van der Waals surface area (Å²) in [7, 11) is 0. The van der Waals surface area contributed by atoms with E-state index < -0.39 is 4.92 Å². The summed E-state index contributed by atoms with van der Waals surface area (Å²) in [5.74, 6) is 0.601. The van der Waals surface area contributed by atoms with E-state index in [9.17, 15) is 14.9 Å². The molecule has 4 rings (SSSR count). The van der Waals surface area contributed by atoms with Crippen molar-refractivity contribution in [1.82, 2.24) is 14.8 Å². The number of benzene rings is 2. The molecule has 9 heteroatoms. The third-order valence-electron chi connectivity index (χ3n) is 4.61. The first-order valence-corrected chi connectivity index (χ1v) is 9.38. The van der Waals surface area contributed by atoms with E-state index in [1.54, 1.807) is 10.6 Å². The van der Waals surface area contributed by atoms with Crippen LogP contribution in [-0.2, 0) is 11.3 Å². The van der Waals surface area contributed by atoms with Crippen LogP contribution >= 0.6 is 0 Å². The number of para-hydroxylation sites is 1. The van der Waals surface area contributed by atoms with Crippen molar-refractivity contribution in [2.45, 2.75) is 26.3 Å². The minimum atomic E-state index is -0.505. The Bertz CT molecular complexity index is 1240. The molecule has 0 aliphatic rings. The van der Waals surface area contributed by atoms with Crippen LogP contribution in [0.2, 0.25) is 0 Å². The number of non-ortho nitro benzene ring substituents is 1. The third kappa shape index (κ3) is 3.77. The number of anilines is 1. The molecular weight excluding hydrogens is 386 g/mol. The molecule has 0 saturated carbocycles. The van der Waals surface area contributed by atoms with Crippen molar-refractivity contribution in [2.75, 3.05) is 5.32 Å². The van der Waals surface area contributed by atoms with Crippen molar-refractivity contribution in [3.05, 3.63) is 70.6 Å². The van der Waals surface area contributed by atoms with Crippen LogP contribution in [0.15, 0.2) is 59.0 Å². The summed E-state index contributed by atoms with van der Waals surface area (Å²) in [6.45, 7) is 3.89. The Hall–Kier alpha value is -4.01. The average Bonchev–Trinajstić information content (AvgIpc) is 3.34. The Labute approximate surface area is 171 Å². The van der Waals surface area contributed by atoms with Crippen molar-refractivity contribution in [1.29, 1.82) is 0 Å². The van der Waals surface area contributed by atoms with Crippen LogP contribution in [0.25, 0.3) is 22.5 Å². The molecule has 1 N–H and O–H groups in total. The fourth-order valence-electron chi connectivity index (χ4n) is 3.17. The Kier molecular flexibility index (Phi) is 5.01. The first-order valence-electron chi connectivity index (χ1n) is 9.38. The van der Waals surface area contributed by atoms with Crippen molar-refractivity contribution >= 4 is 28.2 Å². The predicted molar refractivity (Wildman–Crippen MR) is 111 cm³/mol. The highest BCUT2D eigenvalue weighted by atomic mass is 16.6. The molecule has 0 radical (unpaired) electrons. The summed E-state index contributed by atoms with van der Waals surface area (Å²) in [5, 5.41) is 22.8. The quantitative estimate of drug-likeness (QED) is 0.376. The maximum absolute atomic E-state index is 12.7. The molecule has 0 atom stereocenters. The minimum Gasteiger partial charge on any atom is -0.419 e. The minimum absolute atomic E-state index is 0.0229. The van der Waals surface area contributed by atoms with Crippen LogP contribution in [0, 0.1) is 10.1 Å². The average molecular weight is 405 g/mol. The van der Waals surface area contributed by atoms with E-state index in [0.717, 1.165) is 10.9 Å². The van der Waals surface area contributed by atoms with Gasteiger partial charge in [0, 0.05) is 34.6 Å². The lowest BCUT2D eigenvalue weighted by atomic mass is 10.2. The van der Waals surface area contributed by atoms with Gasteiger partial charge in [-0.1, -0.05) is 38.1 Å². The molecule has 0 spiro atoms. The second-order valence-corrected chi connectivity index (χ2v) is 7.13. The van der Waals surface area contributed by atoms with E-state index in [1.807, 2.05) is 44.2 Å². The molecule has 4 aromatic rings. The number of rotatable bonds is 6. The van der Waals surface area contributed by atoms with Crippen LogP contribution in [0.1, 0.15) is 25.7 Å². The molecule has 0 saturated heterocycles. The number of hydrogen-bond acceptors (Lipinski definition) is 6. The van der Waals surface area contributed by atoms with Crippen LogP contribution in [0.4, 0.5) is 11.4 Å². The number of hydrogen-bond donors (Lipinski definition) is 1. The number of nitrogens with zero attached hydrogens (tertiary/aromatic N) is 4. The second-order valence-electron chi connectivity index (χ2n) is 7.13. The van der Waals surface area contributed by atoms with Gasteiger partial charge in [-0.05, 0) is 18.2 Å². The Morgan fingerprint density at radius 3 is 2.70 bits per heavy atom. The number of nitro groups is 1. The zero-order chi connectivity index (χ0) is 21.3. The van der Waals surface area contributed by atoms with E-state index in [4.69, 9.17) is 4.42 Å². The lowest BCUT2D eigenvalue weighted by Crippen LogP contribution is -2.19. The van der Waals surface area contributed by atoms with Crippen molar-refractivity contribution in [3.8, 4) is 11.6 Å². The molecule has 1 amide bonds. The third-order valence-corrected chi connectivity index (χ3v) is 4.61. The van der Waals surface area contributed by atoms with Crippen molar-refractivity contribution in [3.63, 3.8) is 0 Å². The monoisotopic (exact) mass is 405 g/mol. The van der Waals surface area contributed by atoms with Gasteiger partial charge in [-0.3, -0.25) is 14.9 Å². The van der Waals surface area contributed by atoms with Crippen molar-refractivity contribution < 1.29 is 14.1 Å². The molecule has 9 nitrogen and oxygen atoms in total. The molecule has 2 aromatic carbocycles. The zero-order valence-electron chi connectivity index (χ0n) is 16.4. The molecule has 0 aliphatic heterocycles. The van der Waals surface area contributed by atoms with Crippen LogP contribution < -0.4 is 5.32 Å². The van der Waals surface area contributed by atoms with Gasteiger partial charge in [-0.15, -0.1) is 10.2 Å². The zero-order valence-corrected chi connectivity index (χ0v) is 16.4. The van der Waals surface area contributed by atoms with E-state index in [1.165, 1.54) is 18.2 Å². The molecule has 0 aliphatic carbocycles. The Morgan fingerprint density at radius 2 is 1.97 bits per heavy atom. The van der Waals surface area contributed by atoms with E-state index >= 15 is 0 Å². The summed E-state index contributed by atoms with van der Waals surface area (Å²) >= 11 is 0. The molecule has 30 heavy (non-hydrogen) atoms. The molecule has 2 heterocycles. The molecule has 0 unspecified atom stereocenters. The first-order chi connectivity index (χ1) is 14.4. The molecular formula is C21H19N5O4. The van der Waals surface area contributed by atoms with Gasteiger partial charge in [0.2, 0.25) is 11.8 Å². The fraction of sp³-hybridized carbons (Fsp3) is 0.190. The number of carbonyl (C=O) groups is 1. The van der Waals surface area contributed by atoms with Crippen LogP contribution in [0.3, 0.4) is 0 Å². The van der Waals surface area contributed by atoms with Gasteiger partial charge in [-0.2, -0.15) is 0 Å². The maximum Gasteiger partial charge on any atom is 0.271 e. The number of nitrogens with one attached hydrogen (secondary N) is 1. The topological polar surface area (TPSA) is 116 Å². The highest BCUT2D eigenvalue weighted by Gasteiger charge is 2.19. The predicted octanol–water partition coefficient (Wildman–Crippen LogP) is 4.36. The van der Waals surface area contributed by atoms with Gasteiger partial charge in [0.05, 0.1) is 4.92 Å². The number of amides is 1. The van der Waals surface area contributed by atoms with E-state index in [-0.39, 0.29) is 24.1 Å². The molecule has 0 bridgehead atoms. The van der Waals surface area contributed by atoms with Crippen LogP contribution in [-0.4, -0.2) is 25.6 Å². The fourth-order valence-corrected chi connectivity index (χ4v) is 3.17. The number of carbonyl (C=O) groups excluding carboxylic acids is 1. The maximum atomic E-state index is 12.7.